The number of anilines is 1. The second-order valence-electron chi connectivity index (χ2n) is 5.17. The number of amides is 1. The quantitative estimate of drug-likeness (QED) is 0.527. The molecule has 0 bridgehead atoms. The lowest BCUT2D eigenvalue weighted by Gasteiger charge is -2.35. The van der Waals surface area contributed by atoms with Crippen LogP contribution in [0.25, 0.3) is 0 Å². The van der Waals surface area contributed by atoms with Gasteiger partial charge in [-0.05, 0) is 31.7 Å². The number of carbonyl (C=O) groups is 1. The Morgan fingerprint density at radius 3 is 2.86 bits per heavy atom. The van der Waals surface area contributed by atoms with Gasteiger partial charge in [0.15, 0.2) is 0 Å². The normalized spacial score (nSPS) is 18.6. The monoisotopic (exact) mass is 295 g/mol. The fourth-order valence-corrected chi connectivity index (χ4v) is 2.79. The number of hydrogen-bond donors (Lipinski definition) is 1. The Balaban J connectivity index is 2.42. The van der Waals surface area contributed by atoms with Crippen molar-refractivity contribution in [2.45, 2.75) is 38.6 Å². The van der Waals surface area contributed by atoms with E-state index in [1.165, 1.54) is 0 Å². The lowest BCUT2D eigenvalue weighted by Crippen LogP contribution is -2.44. The van der Waals surface area contributed by atoms with Crippen molar-refractivity contribution in [3.8, 4) is 0 Å². The third-order valence-corrected chi connectivity index (χ3v) is 3.94. The van der Waals surface area contributed by atoms with Crippen LogP contribution in [-0.2, 0) is 0 Å². The number of piperidine rings is 1. The molecule has 0 radical (unpaired) electrons. The van der Waals surface area contributed by atoms with Crippen molar-refractivity contribution in [3.63, 3.8) is 0 Å². The fraction of sp³-hybridized carbons (Fsp3) is 0.500. The predicted molar refractivity (Wildman–Crippen MR) is 76.4 cm³/mol. The molecule has 1 aliphatic heterocycles. The molecule has 1 amide bonds. The molecule has 0 aromatic heterocycles. The van der Waals surface area contributed by atoms with Crippen LogP contribution in [0.4, 0.5) is 15.8 Å². The molecule has 1 heterocycles. The maximum atomic E-state index is 14.0. The fourth-order valence-electron chi connectivity index (χ4n) is 2.79. The molecule has 1 aromatic rings. The summed E-state index contributed by atoms with van der Waals surface area (Å²) in [5.74, 6) is -1.37. The zero-order valence-electron chi connectivity index (χ0n) is 11.8. The van der Waals surface area contributed by atoms with Crippen molar-refractivity contribution in [2.75, 3.05) is 12.3 Å². The number of likely N-dealkylation sites (tertiary alicyclic amines) is 1. The van der Waals surface area contributed by atoms with Crippen LogP contribution in [0.3, 0.4) is 0 Å². The van der Waals surface area contributed by atoms with E-state index in [4.69, 9.17) is 5.73 Å². The van der Waals surface area contributed by atoms with Gasteiger partial charge in [0.2, 0.25) is 0 Å². The van der Waals surface area contributed by atoms with Gasteiger partial charge >= 0.3 is 0 Å². The minimum atomic E-state index is -0.816. The van der Waals surface area contributed by atoms with Crippen molar-refractivity contribution in [1.82, 2.24) is 4.90 Å². The summed E-state index contributed by atoms with van der Waals surface area (Å²) in [4.78, 5) is 24.3. The van der Waals surface area contributed by atoms with Crippen LogP contribution in [0.15, 0.2) is 12.1 Å². The number of benzene rings is 1. The zero-order chi connectivity index (χ0) is 15.6. The summed E-state index contributed by atoms with van der Waals surface area (Å²) in [7, 11) is 0. The van der Waals surface area contributed by atoms with Gasteiger partial charge in [0, 0.05) is 18.7 Å². The van der Waals surface area contributed by atoms with E-state index in [1.54, 1.807) is 4.90 Å². The Bertz CT molecular complexity index is 577. The van der Waals surface area contributed by atoms with E-state index >= 15 is 0 Å². The maximum Gasteiger partial charge on any atom is 0.293 e. The van der Waals surface area contributed by atoms with Gasteiger partial charge in [-0.3, -0.25) is 14.9 Å². The van der Waals surface area contributed by atoms with E-state index in [0.717, 1.165) is 37.8 Å². The van der Waals surface area contributed by atoms with E-state index in [1.807, 2.05) is 6.92 Å². The second kappa shape index (κ2) is 6.07. The molecular weight excluding hydrogens is 277 g/mol. The molecule has 1 fully saturated rings. The van der Waals surface area contributed by atoms with E-state index in [-0.39, 0.29) is 11.6 Å². The van der Waals surface area contributed by atoms with Gasteiger partial charge in [0.25, 0.3) is 11.6 Å². The highest BCUT2D eigenvalue weighted by Crippen LogP contribution is 2.30. The molecule has 1 aromatic carbocycles. The van der Waals surface area contributed by atoms with Crippen LogP contribution >= 0.6 is 0 Å². The SMILES string of the molecule is CCC1CCCCN1C(=O)c1c(F)ccc([N+](=O)[O-])c1N. The molecule has 0 saturated carbocycles. The van der Waals surface area contributed by atoms with Crippen molar-refractivity contribution in [2.24, 2.45) is 0 Å². The largest absolute Gasteiger partial charge is 0.392 e. The van der Waals surface area contributed by atoms with Gasteiger partial charge in [-0.25, -0.2) is 4.39 Å². The van der Waals surface area contributed by atoms with Crippen LogP contribution in [0.1, 0.15) is 43.0 Å². The van der Waals surface area contributed by atoms with Crippen LogP contribution < -0.4 is 5.73 Å². The number of nitrogens with zero attached hydrogens (tertiary/aromatic N) is 2. The van der Waals surface area contributed by atoms with Gasteiger partial charge in [-0.15, -0.1) is 0 Å². The van der Waals surface area contributed by atoms with Crippen molar-refractivity contribution >= 4 is 17.3 Å². The maximum absolute atomic E-state index is 14.0. The minimum Gasteiger partial charge on any atom is -0.392 e. The molecule has 2 rings (SSSR count). The molecule has 7 heteroatoms. The summed E-state index contributed by atoms with van der Waals surface area (Å²) in [5, 5.41) is 10.9. The molecule has 1 unspecified atom stereocenters. The molecule has 0 aliphatic carbocycles. The molecule has 21 heavy (non-hydrogen) atoms. The number of nitro benzene ring substituents is 1. The van der Waals surface area contributed by atoms with Crippen molar-refractivity contribution in [3.05, 3.63) is 33.6 Å². The molecular formula is C14H18FN3O3. The summed E-state index contributed by atoms with van der Waals surface area (Å²) < 4.78 is 14.0. The number of halogens is 1. The number of nitro groups is 1. The first-order chi connectivity index (χ1) is 9.97. The highest BCUT2D eigenvalue weighted by atomic mass is 19.1. The third-order valence-electron chi connectivity index (χ3n) is 3.94. The molecule has 6 nitrogen and oxygen atoms in total. The number of nitrogen functional groups attached to an aromatic ring is 1. The van der Waals surface area contributed by atoms with Gasteiger partial charge in [-0.1, -0.05) is 6.92 Å². The Kier molecular flexibility index (Phi) is 4.40. The van der Waals surface area contributed by atoms with E-state index < -0.39 is 28.0 Å². The van der Waals surface area contributed by atoms with E-state index in [9.17, 15) is 19.3 Å². The molecule has 1 atom stereocenters. The number of hydrogen-bond acceptors (Lipinski definition) is 4. The standard InChI is InChI=1S/C14H18FN3O3/c1-2-9-5-3-4-8-17(9)14(19)12-10(15)6-7-11(13(12)16)18(20)21/h6-7,9H,2-5,8,16H2,1H3. The summed E-state index contributed by atoms with van der Waals surface area (Å²) in [6.07, 6.45) is 3.49. The first-order valence-electron chi connectivity index (χ1n) is 7.00. The third kappa shape index (κ3) is 2.81. The second-order valence-corrected chi connectivity index (χ2v) is 5.17. The minimum absolute atomic E-state index is 0.0318. The van der Waals surface area contributed by atoms with Gasteiger partial charge < -0.3 is 10.6 Å². The Morgan fingerprint density at radius 1 is 1.52 bits per heavy atom. The first kappa shape index (κ1) is 15.2. The lowest BCUT2D eigenvalue weighted by molar-refractivity contribution is -0.384. The van der Waals surface area contributed by atoms with Crippen molar-refractivity contribution < 1.29 is 14.1 Å². The van der Waals surface area contributed by atoms with Crippen LogP contribution in [0.2, 0.25) is 0 Å². The molecule has 1 aliphatic rings. The average Bonchev–Trinajstić information content (AvgIpc) is 2.46. The predicted octanol–water partition coefficient (Wildman–Crippen LogP) is 2.72. The summed E-state index contributed by atoms with van der Waals surface area (Å²) >= 11 is 0. The van der Waals surface area contributed by atoms with E-state index in [2.05, 4.69) is 0 Å². The molecule has 1 saturated heterocycles. The van der Waals surface area contributed by atoms with Crippen LogP contribution in [-0.4, -0.2) is 28.3 Å². The van der Waals surface area contributed by atoms with Gasteiger partial charge in [-0.2, -0.15) is 0 Å². The first-order valence-corrected chi connectivity index (χ1v) is 7.00. The topological polar surface area (TPSA) is 89.5 Å². The molecule has 114 valence electrons. The Morgan fingerprint density at radius 2 is 2.24 bits per heavy atom. The highest BCUT2D eigenvalue weighted by Gasteiger charge is 2.31. The Labute approximate surface area is 121 Å². The van der Waals surface area contributed by atoms with Crippen LogP contribution in [0, 0.1) is 15.9 Å². The summed E-state index contributed by atoms with van der Waals surface area (Å²) in [6.45, 7) is 2.49. The number of carbonyl (C=O) groups excluding carboxylic acids is 1. The number of nitrogens with two attached hydrogens (primary N) is 1. The zero-order valence-corrected chi connectivity index (χ0v) is 11.8. The smallest absolute Gasteiger partial charge is 0.293 e. The number of rotatable bonds is 3. The van der Waals surface area contributed by atoms with Gasteiger partial charge in [0.05, 0.1) is 4.92 Å². The highest BCUT2D eigenvalue weighted by molar-refractivity contribution is 6.01. The molecule has 0 spiro atoms. The summed E-state index contributed by atoms with van der Waals surface area (Å²) in [5.41, 5.74) is 4.43. The van der Waals surface area contributed by atoms with Crippen molar-refractivity contribution in [1.29, 1.82) is 0 Å². The van der Waals surface area contributed by atoms with E-state index in [0.29, 0.717) is 6.54 Å². The summed E-state index contributed by atoms with van der Waals surface area (Å²) in [6, 6.07) is 1.94. The van der Waals surface area contributed by atoms with Crippen LogP contribution in [0.5, 0.6) is 0 Å². The van der Waals surface area contributed by atoms with Gasteiger partial charge in [0.1, 0.15) is 17.1 Å². The molecule has 2 N–H and O–H groups in total. The lowest BCUT2D eigenvalue weighted by atomic mass is 9.98. The Hall–Kier alpha value is -2.18. The average molecular weight is 295 g/mol.